The number of hydrogen-bond donors (Lipinski definition) is 3. The molecule has 3 N–H and O–H groups in total. The topological polar surface area (TPSA) is 98.7 Å². The molecule has 0 aromatic heterocycles. The van der Waals surface area contributed by atoms with E-state index in [0.717, 1.165) is 32.1 Å². The van der Waals surface area contributed by atoms with E-state index in [1.54, 1.807) is 23.7 Å². The number of thioether (sulfide) groups is 1. The second-order valence-electron chi connectivity index (χ2n) is 10.1. The zero-order valence-corrected chi connectivity index (χ0v) is 20.4. The molecule has 3 heterocycles. The van der Waals surface area contributed by atoms with Gasteiger partial charge in [-0.1, -0.05) is 33.6 Å². The fraction of sp³-hybridized carbons (Fsp3) is 0.870. The van der Waals surface area contributed by atoms with Crippen LogP contribution in [0.25, 0.3) is 0 Å². The van der Waals surface area contributed by atoms with Crippen LogP contribution in [0.2, 0.25) is 0 Å². The van der Waals surface area contributed by atoms with Crippen molar-refractivity contribution in [3.63, 3.8) is 0 Å². The molecule has 7 nitrogen and oxygen atoms in total. The van der Waals surface area contributed by atoms with E-state index >= 15 is 0 Å². The Bertz CT molecular complexity index is 717. The summed E-state index contributed by atoms with van der Waals surface area (Å²) in [4.78, 5) is 42.0. The van der Waals surface area contributed by atoms with Gasteiger partial charge in [0.1, 0.15) is 6.04 Å². The van der Waals surface area contributed by atoms with Crippen LogP contribution in [0.3, 0.4) is 0 Å². The Hall–Kier alpha value is -1.28. The Labute approximate surface area is 190 Å². The Morgan fingerprint density at radius 3 is 2.55 bits per heavy atom. The van der Waals surface area contributed by atoms with Gasteiger partial charge in [0.15, 0.2) is 0 Å². The van der Waals surface area contributed by atoms with Gasteiger partial charge in [0, 0.05) is 18.3 Å². The Morgan fingerprint density at radius 2 is 1.97 bits per heavy atom. The molecule has 0 aromatic carbocycles. The van der Waals surface area contributed by atoms with Crippen molar-refractivity contribution in [1.82, 2.24) is 15.5 Å². The van der Waals surface area contributed by atoms with Crippen LogP contribution in [0.5, 0.6) is 0 Å². The summed E-state index contributed by atoms with van der Waals surface area (Å²) >= 11 is 1.67. The number of unbranched alkanes of at least 4 members (excludes halogenated alkanes) is 2. The molecule has 3 rings (SSSR count). The maximum atomic E-state index is 13.9. The fourth-order valence-corrected chi connectivity index (χ4v) is 8.46. The summed E-state index contributed by atoms with van der Waals surface area (Å²) < 4.78 is -0.956. The summed E-state index contributed by atoms with van der Waals surface area (Å²) in [6.45, 7) is 8.69. The summed E-state index contributed by atoms with van der Waals surface area (Å²) in [6, 6.07) is -1.07. The minimum Gasteiger partial charge on any atom is -0.394 e. The van der Waals surface area contributed by atoms with E-state index in [4.69, 9.17) is 0 Å². The first-order valence-electron chi connectivity index (χ1n) is 11.8. The SMILES string of the molecule is CCCCCNC(=O)C1N([C@@H](CO)CC(C)C)C(=O)[C@@H]2[C@@H](C(=O)NC)[C@@]3(C)CCC12S3. The van der Waals surface area contributed by atoms with Crippen LogP contribution in [0.4, 0.5) is 0 Å². The van der Waals surface area contributed by atoms with Crippen molar-refractivity contribution in [2.45, 2.75) is 87.8 Å². The predicted molar refractivity (Wildman–Crippen MR) is 123 cm³/mol. The molecule has 0 aliphatic carbocycles. The number of aliphatic hydroxyl groups excluding tert-OH is 1. The van der Waals surface area contributed by atoms with Crippen molar-refractivity contribution in [2.24, 2.45) is 17.8 Å². The molecule has 3 aliphatic heterocycles. The van der Waals surface area contributed by atoms with E-state index in [9.17, 15) is 19.5 Å². The number of hydrogen-bond acceptors (Lipinski definition) is 5. The minimum atomic E-state index is -0.649. The number of fused-ring (bicyclic) bond motifs is 1. The highest BCUT2D eigenvalue weighted by Gasteiger charge is 2.77. The van der Waals surface area contributed by atoms with Gasteiger partial charge in [-0.3, -0.25) is 14.4 Å². The van der Waals surface area contributed by atoms with Gasteiger partial charge in [0.25, 0.3) is 0 Å². The highest BCUT2D eigenvalue weighted by Crippen LogP contribution is 2.71. The Balaban J connectivity index is 2.00. The van der Waals surface area contributed by atoms with Crippen molar-refractivity contribution in [3.8, 4) is 0 Å². The van der Waals surface area contributed by atoms with Crippen molar-refractivity contribution in [2.75, 3.05) is 20.2 Å². The Morgan fingerprint density at radius 1 is 1.26 bits per heavy atom. The third kappa shape index (κ3) is 3.99. The van der Waals surface area contributed by atoms with Gasteiger partial charge in [-0.25, -0.2) is 0 Å². The molecule has 3 amide bonds. The maximum Gasteiger partial charge on any atom is 0.244 e. The fourth-order valence-electron chi connectivity index (χ4n) is 6.12. The lowest BCUT2D eigenvalue weighted by atomic mass is 9.66. The lowest BCUT2D eigenvalue weighted by Crippen LogP contribution is -2.56. The van der Waals surface area contributed by atoms with Crippen molar-refractivity contribution in [1.29, 1.82) is 0 Å². The average Bonchev–Trinajstić information content (AvgIpc) is 3.29. The summed E-state index contributed by atoms with van der Waals surface area (Å²) in [5, 5.41) is 16.0. The largest absolute Gasteiger partial charge is 0.394 e. The molecule has 31 heavy (non-hydrogen) atoms. The number of carbonyl (C=O) groups excluding carboxylic acids is 3. The van der Waals surface area contributed by atoms with E-state index in [0.29, 0.717) is 13.0 Å². The molecule has 2 bridgehead atoms. The third-order valence-electron chi connectivity index (χ3n) is 7.42. The highest BCUT2D eigenvalue weighted by molar-refractivity contribution is 8.02. The molecule has 8 heteroatoms. The van der Waals surface area contributed by atoms with Crippen molar-refractivity contribution >= 4 is 29.5 Å². The third-order valence-corrected chi connectivity index (χ3v) is 9.40. The first-order chi connectivity index (χ1) is 14.7. The number of nitrogens with zero attached hydrogens (tertiary/aromatic N) is 1. The number of likely N-dealkylation sites (tertiary alicyclic amines) is 1. The van der Waals surface area contributed by atoms with Gasteiger partial charge in [0.05, 0.1) is 29.2 Å². The second-order valence-corrected chi connectivity index (χ2v) is 11.9. The predicted octanol–water partition coefficient (Wildman–Crippen LogP) is 1.93. The summed E-state index contributed by atoms with van der Waals surface area (Å²) in [6.07, 6.45) is 5.18. The molecule has 3 fully saturated rings. The van der Waals surface area contributed by atoms with E-state index in [-0.39, 0.29) is 35.0 Å². The van der Waals surface area contributed by atoms with Crippen LogP contribution in [-0.4, -0.2) is 69.5 Å². The summed E-state index contributed by atoms with van der Waals surface area (Å²) in [5.74, 6) is -1.11. The number of carbonyl (C=O) groups is 3. The van der Waals surface area contributed by atoms with Gasteiger partial charge < -0.3 is 20.6 Å². The van der Waals surface area contributed by atoms with Crippen LogP contribution in [0.1, 0.15) is 66.2 Å². The van der Waals surface area contributed by atoms with Crippen LogP contribution in [-0.2, 0) is 14.4 Å². The summed E-state index contributed by atoms with van der Waals surface area (Å²) in [5.41, 5.74) is 0. The van der Waals surface area contributed by atoms with Gasteiger partial charge in [-0.15, -0.1) is 11.8 Å². The van der Waals surface area contributed by atoms with E-state index < -0.39 is 28.7 Å². The number of amides is 3. The molecule has 0 saturated carbocycles. The zero-order valence-electron chi connectivity index (χ0n) is 19.6. The normalized spacial score (nSPS) is 34.9. The van der Waals surface area contributed by atoms with Gasteiger partial charge >= 0.3 is 0 Å². The molecular formula is C23H39N3O4S. The van der Waals surface area contributed by atoms with Crippen molar-refractivity contribution in [3.05, 3.63) is 0 Å². The van der Waals surface area contributed by atoms with Crippen molar-refractivity contribution < 1.29 is 19.5 Å². The van der Waals surface area contributed by atoms with Crippen LogP contribution >= 0.6 is 11.8 Å². The Kier molecular flexibility index (Phi) is 7.31. The molecular weight excluding hydrogens is 414 g/mol. The van der Waals surface area contributed by atoms with Gasteiger partial charge in [0.2, 0.25) is 17.7 Å². The zero-order chi connectivity index (χ0) is 23.0. The molecule has 3 aliphatic rings. The van der Waals surface area contributed by atoms with E-state index in [1.165, 1.54) is 0 Å². The second kappa shape index (κ2) is 9.30. The molecule has 1 spiro atoms. The number of nitrogens with one attached hydrogen (secondary N) is 2. The van der Waals surface area contributed by atoms with Crippen LogP contribution in [0.15, 0.2) is 0 Å². The lowest BCUT2D eigenvalue weighted by Gasteiger charge is -2.37. The molecule has 0 radical (unpaired) electrons. The van der Waals surface area contributed by atoms with Gasteiger partial charge in [-0.05, 0) is 38.5 Å². The first kappa shape index (κ1) is 24.4. The highest BCUT2D eigenvalue weighted by atomic mass is 32.2. The molecule has 3 saturated heterocycles. The quantitative estimate of drug-likeness (QED) is 0.439. The minimum absolute atomic E-state index is 0.122. The summed E-state index contributed by atoms with van der Waals surface area (Å²) in [7, 11) is 1.61. The first-order valence-corrected chi connectivity index (χ1v) is 12.6. The van der Waals surface area contributed by atoms with Gasteiger partial charge in [-0.2, -0.15) is 0 Å². The van der Waals surface area contributed by atoms with Crippen LogP contribution < -0.4 is 10.6 Å². The number of rotatable bonds is 10. The maximum absolute atomic E-state index is 13.9. The molecule has 6 atom stereocenters. The number of aliphatic hydroxyl groups is 1. The lowest BCUT2D eigenvalue weighted by molar-refractivity contribution is -0.143. The monoisotopic (exact) mass is 453 g/mol. The molecule has 176 valence electrons. The van der Waals surface area contributed by atoms with E-state index in [2.05, 4.69) is 38.3 Å². The molecule has 2 unspecified atom stereocenters. The van der Waals surface area contributed by atoms with E-state index in [1.807, 2.05) is 0 Å². The van der Waals surface area contributed by atoms with Crippen LogP contribution in [0, 0.1) is 17.8 Å². The average molecular weight is 454 g/mol. The standard InChI is InChI=1S/C23H39N3O4S/c1-6-7-8-11-25-20(29)18-23-10-9-22(4,31-23)16(19(28)24-5)17(23)21(30)26(18)15(13-27)12-14(2)3/h14-18,27H,6-13H2,1-5H3,(H,24,28)(H,25,29)/t15-,16+,17+,18?,22-,23?/m1/s1. The molecule has 0 aromatic rings. The smallest absolute Gasteiger partial charge is 0.244 e.